The number of piperazine rings is 1. The van der Waals surface area contributed by atoms with Crippen LogP contribution in [0.5, 0.6) is 5.75 Å². The van der Waals surface area contributed by atoms with Crippen molar-refractivity contribution in [3.05, 3.63) is 45.7 Å². The Morgan fingerprint density at radius 3 is 2.29 bits per heavy atom. The second-order valence-electron chi connectivity index (χ2n) is 11.7. The van der Waals surface area contributed by atoms with Gasteiger partial charge in [-0.05, 0) is 50.6 Å². The lowest BCUT2D eigenvalue weighted by atomic mass is 9.57. The van der Waals surface area contributed by atoms with Gasteiger partial charge in [0, 0.05) is 50.2 Å². The molecule has 1 saturated heterocycles. The number of aromatic hydroxyl groups is 1. The quantitative estimate of drug-likeness (QED) is 0.217. The maximum Gasteiger partial charge on any atom is 0.255 e. The van der Waals surface area contributed by atoms with Crippen molar-refractivity contribution in [3.63, 3.8) is 0 Å². The number of nitrogens with zero attached hydrogens (tertiary/aromatic N) is 3. The summed E-state index contributed by atoms with van der Waals surface area (Å²) in [6.07, 6.45) is -0.0375. The smallest absolute Gasteiger partial charge is 0.255 e. The molecule has 13 nitrogen and oxygen atoms in total. The summed E-state index contributed by atoms with van der Waals surface area (Å²) in [5.41, 5.74) is 1.91. The van der Waals surface area contributed by atoms with E-state index in [1.165, 1.54) is 38.1 Å². The molecule has 0 bridgehead atoms. The number of hydrogen-bond donors (Lipinski definition) is 5. The molecule has 1 heterocycles. The summed E-state index contributed by atoms with van der Waals surface area (Å²) in [4.78, 5) is 69.5. The lowest BCUT2D eigenvalue weighted by Gasteiger charge is -2.50. The molecule has 1 aromatic rings. The number of fused-ring (bicyclic) bond motifs is 3. The van der Waals surface area contributed by atoms with Crippen molar-refractivity contribution in [3.8, 4) is 5.75 Å². The fourth-order valence-electron chi connectivity index (χ4n) is 7.01. The van der Waals surface area contributed by atoms with E-state index in [1.807, 2.05) is 4.90 Å². The lowest BCUT2D eigenvalue weighted by molar-refractivity contribution is -0.153. The van der Waals surface area contributed by atoms with Gasteiger partial charge in [0.05, 0.1) is 18.2 Å². The molecular weight excluding hydrogens is 548 g/mol. The van der Waals surface area contributed by atoms with Crippen molar-refractivity contribution in [2.75, 3.05) is 46.8 Å². The average molecular weight is 583 g/mol. The van der Waals surface area contributed by atoms with E-state index < -0.39 is 58.0 Å². The number of aliphatic hydroxyl groups is 3. The number of carbonyl (C=O) groups is 5. The number of ketones is 3. The van der Waals surface area contributed by atoms with Gasteiger partial charge in [-0.1, -0.05) is 0 Å². The number of nitrogens with two attached hydrogens (primary N) is 1. The minimum Gasteiger partial charge on any atom is -0.508 e. The van der Waals surface area contributed by atoms with Crippen LogP contribution in [0.2, 0.25) is 0 Å². The topological polar surface area (TPSA) is 202 Å². The Labute approximate surface area is 241 Å². The van der Waals surface area contributed by atoms with Crippen LogP contribution in [0.25, 0.3) is 5.76 Å². The zero-order valence-electron chi connectivity index (χ0n) is 23.6. The Bertz CT molecular complexity index is 1490. The van der Waals surface area contributed by atoms with Crippen LogP contribution in [-0.2, 0) is 25.6 Å². The number of aliphatic hydroxyl groups excluding tert-OH is 2. The van der Waals surface area contributed by atoms with Crippen LogP contribution in [0.4, 0.5) is 0 Å². The molecule has 13 heteroatoms. The van der Waals surface area contributed by atoms with Gasteiger partial charge in [-0.3, -0.25) is 33.8 Å². The molecule has 0 radical (unpaired) electrons. The van der Waals surface area contributed by atoms with Crippen molar-refractivity contribution in [1.29, 1.82) is 0 Å². The SMILES string of the molecule is CC(=O)N1CCN(CC(=O)c2ccc(O)c3c2C[C@H]2C[C@H]4[C@H](N(C)C)C(=O)C(C(N)=O)=C(O)[C@@]4(O)C(=O)C2=C3O)CC1. The maximum absolute atomic E-state index is 13.9. The number of benzene rings is 1. The fourth-order valence-corrected chi connectivity index (χ4v) is 7.01. The summed E-state index contributed by atoms with van der Waals surface area (Å²) >= 11 is 0. The second-order valence-corrected chi connectivity index (χ2v) is 11.7. The molecule has 1 saturated carbocycles. The first-order valence-corrected chi connectivity index (χ1v) is 13.7. The number of likely N-dealkylation sites (N-methyl/N-ethyl adjacent to an activating group) is 1. The Morgan fingerprint density at radius 1 is 1.07 bits per heavy atom. The van der Waals surface area contributed by atoms with Crippen LogP contribution >= 0.6 is 0 Å². The highest BCUT2D eigenvalue weighted by molar-refractivity contribution is 6.24. The molecule has 4 aliphatic rings. The fraction of sp³-hybridized carbons (Fsp3) is 0.483. The molecule has 0 unspecified atom stereocenters. The number of carbonyl (C=O) groups excluding carboxylic acids is 5. The number of phenols is 1. The summed E-state index contributed by atoms with van der Waals surface area (Å²) in [7, 11) is 3.05. The monoisotopic (exact) mass is 582 g/mol. The lowest BCUT2D eigenvalue weighted by Crippen LogP contribution is -2.65. The predicted octanol–water partition coefficient (Wildman–Crippen LogP) is -0.689. The van der Waals surface area contributed by atoms with Crippen LogP contribution < -0.4 is 5.73 Å². The molecule has 5 rings (SSSR count). The van der Waals surface area contributed by atoms with Gasteiger partial charge in [-0.2, -0.15) is 0 Å². The van der Waals surface area contributed by atoms with Gasteiger partial charge in [0.15, 0.2) is 17.2 Å². The summed E-state index contributed by atoms with van der Waals surface area (Å²) in [5.74, 6) is -7.72. The van der Waals surface area contributed by atoms with Gasteiger partial charge in [0.1, 0.15) is 22.8 Å². The first kappa shape index (κ1) is 29.4. The third-order valence-electron chi connectivity index (χ3n) is 9.09. The molecular formula is C29H34N4O9. The zero-order chi connectivity index (χ0) is 30.8. The molecule has 3 aliphatic carbocycles. The third-order valence-corrected chi connectivity index (χ3v) is 9.09. The van der Waals surface area contributed by atoms with Gasteiger partial charge in [-0.15, -0.1) is 0 Å². The number of Topliss-reactive ketones (excluding diaryl/α,β-unsaturated/α-hetero) is 3. The number of amides is 2. The maximum atomic E-state index is 13.9. The summed E-state index contributed by atoms with van der Waals surface area (Å²) in [5, 5.41) is 44.7. The van der Waals surface area contributed by atoms with Crippen LogP contribution in [-0.4, -0.2) is 123 Å². The number of rotatable bonds is 5. The van der Waals surface area contributed by atoms with Crippen LogP contribution in [0, 0.1) is 11.8 Å². The minimum atomic E-state index is -2.73. The third kappa shape index (κ3) is 4.30. The predicted molar refractivity (Wildman–Crippen MR) is 147 cm³/mol. The molecule has 1 aromatic carbocycles. The van der Waals surface area contributed by atoms with E-state index in [2.05, 4.69) is 0 Å². The van der Waals surface area contributed by atoms with E-state index in [4.69, 9.17) is 5.73 Å². The Kier molecular flexibility index (Phi) is 7.24. The second kappa shape index (κ2) is 10.3. The summed E-state index contributed by atoms with van der Waals surface area (Å²) < 4.78 is 0. The van der Waals surface area contributed by atoms with Crippen LogP contribution in [0.3, 0.4) is 0 Å². The molecule has 4 atom stereocenters. The van der Waals surface area contributed by atoms with Crippen molar-refractivity contribution in [1.82, 2.24) is 14.7 Å². The van der Waals surface area contributed by atoms with Crippen LogP contribution in [0.1, 0.15) is 34.8 Å². The van der Waals surface area contributed by atoms with E-state index in [1.54, 1.807) is 4.90 Å². The molecule has 0 spiro atoms. The normalized spacial score (nSPS) is 28.0. The Hall–Kier alpha value is -4.07. The van der Waals surface area contributed by atoms with Crippen molar-refractivity contribution in [2.45, 2.75) is 31.4 Å². The number of phenolic OH excluding ortho intramolecular Hbond substituents is 1. The summed E-state index contributed by atoms with van der Waals surface area (Å²) in [6.45, 7) is 3.51. The highest BCUT2D eigenvalue weighted by atomic mass is 16.3. The van der Waals surface area contributed by atoms with E-state index in [0.717, 1.165) is 0 Å². The standard InChI is InChI=1S/C29H34N4O9/c1-13(34)33-8-6-32(7-9-33)12-19(36)15-4-5-18(35)21-16(15)10-14-11-17-23(31(2)3)25(38)22(28(30)41)27(40)29(17,42)26(39)20(14)24(21)37/h4-5,14,17,23,35,37,40,42H,6-12H2,1-3H3,(H2,30,41)/t14-,17-,23-,29-/m0/s1. The molecule has 2 amide bonds. The molecule has 1 aliphatic heterocycles. The van der Waals surface area contributed by atoms with E-state index >= 15 is 0 Å². The van der Waals surface area contributed by atoms with Crippen LogP contribution in [0.15, 0.2) is 29.0 Å². The molecule has 42 heavy (non-hydrogen) atoms. The Balaban J connectivity index is 1.55. The first-order valence-electron chi connectivity index (χ1n) is 13.7. The van der Waals surface area contributed by atoms with Gasteiger partial charge >= 0.3 is 0 Å². The average Bonchev–Trinajstić information content (AvgIpc) is 2.90. The highest BCUT2D eigenvalue weighted by Gasteiger charge is 2.64. The number of hydrogen-bond acceptors (Lipinski definition) is 11. The van der Waals surface area contributed by atoms with Gasteiger partial charge in [0.25, 0.3) is 5.91 Å². The minimum absolute atomic E-state index is 0.0299. The zero-order valence-corrected chi connectivity index (χ0v) is 23.6. The van der Waals surface area contributed by atoms with E-state index in [0.29, 0.717) is 31.7 Å². The van der Waals surface area contributed by atoms with Crippen molar-refractivity contribution in [2.24, 2.45) is 17.6 Å². The first-order chi connectivity index (χ1) is 19.7. The molecule has 224 valence electrons. The van der Waals surface area contributed by atoms with Crippen molar-refractivity contribution < 1.29 is 44.4 Å². The Morgan fingerprint density at radius 2 is 1.71 bits per heavy atom. The number of primary amides is 1. The van der Waals surface area contributed by atoms with Gasteiger partial charge in [0.2, 0.25) is 11.7 Å². The van der Waals surface area contributed by atoms with Gasteiger partial charge in [-0.25, -0.2) is 0 Å². The highest BCUT2D eigenvalue weighted by Crippen LogP contribution is 2.53. The summed E-state index contributed by atoms with van der Waals surface area (Å²) in [6, 6.07) is 1.51. The van der Waals surface area contributed by atoms with E-state index in [9.17, 15) is 44.4 Å². The van der Waals surface area contributed by atoms with Crippen molar-refractivity contribution >= 4 is 34.9 Å². The van der Waals surface area contributed by atoms with E-state index in [-0.39, 0.29) is 53.5 Å². The largest absolute Gasteiger partial charge is 0.508 e. The molecule has 6 N–H and O–H groups in total. The molecule has 2 fully saturated rings. The van der Waals surface area contributed by atoms with Gasteiger partial charge < -0.3 is 31.1 Å². The molecule has 0 aromatic heterocycles.